The zero-order valence-electron chi connectivity index (χ0n) is 9.42. The Kier molecular flexibility index (Phi) is 4.39. The number of likely N-dealkylation sites (tertiary alicyclic amines) is 1. The van der Waals surface area contributed by atoms with Gasteiger partial charge in [-0.15, -0.1) is 0 Å². The molecule has 0 bridgehead atoms. The monoisotopic (exact) mass is 200 g/mol. The fourth-order valence-electron chi connectivity index (χ4n) is 2.26. The number of carbonyl (C=O) groups is 1. The van der Waals surface area contributed by atoms with Gasteiger partial charge in [0.2, 0.25) is 0 Å². The largest absolute Gasteiger partial charge is 0.460 e. The molecular weight excluding hydrogens is 178 g/mol. The molecule has 1 aliphatic heterocycles. The van der Waals surface area contributed by atoms with Gasteiger partial charge in [-0.1, -0.05) is 0 Å². The van der Waals surface area contributed by atoms with Crippen LogP contribution in [0.1, 0.15) is 33.1 Å². The SMILES string of the molecule is CC[N+]1(CCOC(C)=O)CCCCC1. The average Bonchev–Trinajstić information content (AvgIpc) is 2.19. The Hall–Kier alpha value is -0.570. The Morgan fingerprint density at radius 3 is 2.43 bits per heavy atom. The van der Waals surface area contributed by atoms with Crippen molar-refractivity contribution >= 4 is 5.97 Å². The second kappa shape index (κ2) is 5.35. The van der Waals surface area contributed by atoms with Crippen molar-refractivity contribution in [2.75, 3.05) is 32.8 Å². The zero-order chi connectivity index (χ0) is 10.4. The number of ether oxygens (including phenoxy) is 1. The summed E-state index contributed by atoms with van der Waals surface area (Å²) in [6.07, 6.45) is 4.02. The smallest absolute Gasteiger partial charge is 0.302 e. The van der Waals surface area contributed by atoms with Crippen molar-refractivity contribution < 1.29 is 14.0 Å². The van der Waals surface area contributed by atoms with Crippen molar-refractivity contribution in [3.8, 4) is 0 Å². The minimum Gasteiger partial charge on any atom is -0.460 e. The van der Waals surface area contributed by atoms with Gasteiger partial charge in [-0.2, -0.15) is 0 Å². The number of carbonyl (C=O) groups excluding carboxylic acids is 1. The summed E-state index contributed by atoms with van der Waals surface area (Å²) in [5.41, 5.74) is 0. The molecule has 0 aliphatic carbocycles. The van der Waals surface area contributed by atoms with E-state index in [4.69, 9.17) is 4.74 Å². The number of quaternary nitrogens is 1. The van der Waals surface area contributed by atoms with Crippen molar-refractivity contribution in [2.45, 2.75) is 33.1 Å². The van der Waals surface area contributed by atoms with E-state index in [0.717, 1.165) is 11.0 Å². The number of hydrogen-bond donors (Lipinski definition) is 0. The molecule has 0 aromatic heterocycles. The van der Waals surface area contributed by atoms with E-state index in [9.17, 15) is 4.79 Å². The summed E-state index contributed by atoms with van der Waals surface area (Å²) in [4.78, 5) is 10.6. The molecule has 1 aliphatic rings. The number of likely N-dealkylation sites (N-methyl/N-ethyl adjacent to an activating group) is 1. The maximum atomic E-state index is 10.6. The fraction of sp³-hybridized carbons (Fsp3) is 0.909. The van der Waals surface area contributed by atoms with Crippen LogP contribution in [0.5, 0.6) is 0 Å². The third-order valence-corrected chi connectivity index (χ3v) is 3.31. The van der Waals surface area contributed by atoms with E-state index in [-0.39, 0.29) is 5.97 Å². The lowest BCUT2D eigenvalue weighted by Gasteiger charge is -2.40. The summed E-state index contributed by atoms with van der Waals surface area (Å²) >= 11 is 0. The third-order valence-electron chi connectivity index (χ3n) is 3.31. The van der Waals surface area contributed by atoms with Crippen LogP contribution in [0, 0.1) is 0 Å². The summed E-state index contributed by atoms with van der Waals surface area (Å²) in [5, 5.41) is 0. The second-order valence-electron chi connectivity index (χ2n) is 4.23. The van der Waals surface area contributed by atoms with Gasteiger partial charge in [-0.3, -0.25) is 4.79 Å². The van der Waals surface area contributed by atoms with E-state index < -0.39 is 0 Å². The predicted octanol–water partition coefficient (Wildman–Crippen LogP) is 1.57. The standard InChI is InChI=1S/C11H22NO2/c1-3-12(7-5-4-6-8-12)9-10-14-11(2)13/h3-10H2,1-2H3/q+1. The molecule has 0 atom stereocenters. The summed E-state index contributed by atoms with van der Waals surface area (Å²) < 4.78 is 6.16. The van der Waals surface area contributed by atoms with Crippen molar-refractivity contribution in [1.29, 1.82) is 0 Å². The first kappa shape index (κ1) is 11.5. The van der Waals surface area contributed by atoms with Crippen LogP contribution in [0.15, 0.2) is 0 Å². The number of rotatable bonds is 4. The van der Waals surface area contributed by atoms with E-state index in [0.29, 0.717) is 6.61 Å². The molecule has 82 valence electrons. The van der Waals surface area contributed by atoms with E-state index >= 15 is 0 Å². The summed E-state index contributed by atoms with van der Waals surface area (Å²) in [7, 11) is 0. The molecule has 1 fully saturated rings. The van der Waals surface area contributed by atoms with Crippen molar-refractivity contribution in [2.24, 2.45) is 0 Å². The van der Waals surface area contributed by atoms with Crippen molar-refractivity contribution in [3.63, 3.8) is 0 Å². The molecule has 0 aromatic carbocycles. The first-order valence-electron chi connectivity index (χ1n) is 5.67. The number of nitrogens with zero attached hydrogens (tertiary/aromatic N) is 1. The van der Waals surface area contributed by atoms with Gasteiger partial charge in [0.25, 0.3) is 0 Å². The molecule has 0 N–H and O–H groups in total. The van der Waals surface area contributed by atoms with Crippen molar-refractivity contribution in [3.05, 3.63) is 0 Å². The minimum atomic E-state index is -0.156. The first-order valence-corrected chi connectivity index (χ1v) is 5.67. The number of hydrogen-bond acceptors (Lipinski definition) is 2. The molecule has 0 spiro atoms. The highest BCUT2D eigenvalue weighted by molar-refractivity contribution is 5.65. The Morgan fingerprint density at radius 2 is 1.93 bits per heavy atom. The topological polar surface area (TPSA) is 26.3 Å². The summed E-state index contributed by atoms with van der Waals surface area (Å²) in [5.74, 6) is -0.156. The molecule has 0 saturated carbocycles. The molecular formula is C11H22NO2+. The molecule has 1 saturated heterocycles. The number of esters is 1. The molecule has 0 aromatic rings. The highest BCUT2D eigenvalue weighted by atomic mass is 16.5. The first-order chi connectivity index (χ1) is 6.68. The third kappa shape index (κ3) is 3.29. The lowest BCUT2D eigenvalue weighted by molar-refractivity contribution is -0.930. The maximum absolute atomic E-state index is 10.6. The Morgan fingerprint density at radius 1 is 1.29 bits per heavy atom. The Balaban J connectivity index is 2.32. The maximum Gasteiger partial charge on any atom is 0.302 e. The van der Waals surface area contributed by atoms with Gasteiger partial charge in [0, 0.05) is 6.92 Å². The highest BCUT2D eigenvalue weighted by Gasteiger charge is 2.27. The lowest BCUT2D eigenvalue weighted by Crippen LogP contribution is -2.53. The predicted molar refractivity (Wildman–Crippen MR) is 55.9 cm³/mol. The van der Waals surface area contributed by atoms with Gasteiger partial charge in [0.1, 0.15) is 13.2 Å². The van der Waals surface area contributed by atoms with E-state index in [1.54, 1.807) is 0 Å². The fourth-order valence-corrected chi connectivity index (χ4v) is 2.26. The van der Waals surface area contributed by atoms with Crippen LogP contribution >= 0.6 is 0 Å². The minimum absolute atomic E-state index is 0.156. The van der Waals surface area contributed by atoms with Gasteiger partial charge in [-0.25, -0.2) is 0 Å². The molecule has 1 rings (SSSR count). The van der Waals surface area contributed by atoms with Crippen LogP contribution in [-0.2, 0) is 9.53 Å². The molecule has 14 heavy (non-hydrogen) atoms. The van der Waals surface area contributed by atoms with E-state index in [2.05, 4.69) is 6.92 Å². The zero-order valence-corrected chi connectivity index (χ0v) is 9.42. The van der Waals surface area contributed by atoms with Gasteiger partial charge in [0.05, 0.1) is 19.6 Å². The van der Waals surface area contributed by atoms with Gasteiger partial charge < -0.3 is 9.22 Å². The van der Waals surface area contributed by atoms with E-state index in [1.807, 2.05) is 0 Å². The Labute approximate surface area is 86.6 Å². The Bertz CT molecular complexity index is 186. The van der Waals surface area contributed by atoms with Gasteiger partial charge >= 0.3 is 5.97 Å². The van der Waals surface area contributed by atoms with Crippen LogP contribution < -0.4 is 0 Å². The van der Waals surface area contributed by atoms with Crippen molar-refractivity contribution in [1.82, 2.24) is 0 Å². The second-order valence-corrected chi connectivity index (χ2v) is 4.23. The molecule has 3 heteroatoms. The van der Waals surface area contributed by atoms with Crippen LogP contribution in [-0.4, -0.2) is 43.2 Å². The average molecular weight is 200 g/mol. The molecule has 1 heterocycles. The van der Waals surface area contributed by atoms with Gasteiger partial charge in [0.15, 0.2) is 0 Å². The van der Waals surface area contributed by atoms with Crippen LogP contribution in [0.4, 0.5) is 0 Å². The highest BCUT2D eigenvalue weighted by Crippen LogP contribution is 2.18. The van der Waals surface area contributed by atoms with Crippen LogP contribution in [0.2, 0.25) is 0 Å². The summed E-state index contributed by atoms with van der Waals surface area (Å²) in [6.45, 7) is 8.99. The van der Waals surface area contributed by atoms with E-state index in [1.165, 1.54) is 45.8 Å². The molecule has 3 nitrogen and oxygen atoms in total. The van der Waals surface area contributed by atoms with Crippen LogP contribution in [0.25, 0.3) is 0 Å². The molecule has 0 amide bonds. The molecule has 0 radical (unpaired) electrons. The molecule has 0 unspecified atom stereocenters. The van der Waals surface area contributed by atoms with Gasteiger partial charge in [-0.05, 0) is 26.2 Å². The lowest BCUT2D eigenvalue weighted by atomic mass is 10.1. The summed E-state index contributed by atoms with van der Waals surface area (Å²) in [6, 6.07) is 0. The number of piperidine rings is 1. The quantitative estimate of drug-likeness (QED) is 0.508. The normalized spacial score (nSPS) is 20.4. The van der Waals surface area contributed by atoms with Crippen LogP contribution in [0.3, 0.4) is 0 Å².